The van der Waals surface area contributed by atoms with Crippen molar-refractivity contribution < 1.29 is 17.9 Å². The number of hydrogen-bond donors (Lipinski definition) is 1. The molecule has 104 valence electrons. The Morgan fingerprint density at radius 3 is 2.74 bits per heavy atom. The fourth-order valence-corrected chi connectivity index (χ4v) is 2.55. The summed E-state index contributed by atoms with van der Waals surface area (Å²) in [6.07, 6.45) is 1.55. The molecule has 19 heavy (non-hydrogen) atoms. The Bertz CT molecular complexity index is 588. The first-order valence-electron chi connectivity index (χ1n) is 5.09. The van der Waals surface area contributed by atoms with Crippen molar-refractivity contribution in [3.63, 3.8) is 0 Å². The monoisotopic (exact) mass is 367 g/mol. The van der Waals surface area contributed by atoms with Crippen LogP contribution in [0.4, 0.5) is 0 Å². The summed E-state index contributed by atoms with van der Waals surface area (Å²) in [7, 11) is 1.42. The Morgan fingerprint density at radius 2 is 2.21 bits per heavy atom. The van der Waals surface area contributed by atoms with Gasteiger partial charge < -0.3 is 10.1 Å². The molecule has 0 unspecified atom stereocenters. The van der Waals surface area contributed by atoms with Gasteiger partial charge in [0.1, 0.15) is 5.75 Å². The molecule has 0 atom stereocenters. The molecule has 0 spiro atoms. The van der Waals surface area contributed by atoms with Crippen LogP contribution in [0, 0.1) is 0 Å². The van der Waals surface area contributed by atoms with E-state index >= 15 is 0 Å². The lowest BCUT2D eigenvalue weighted by Gasteiger charge is -2.08. The Balaban J connectivity index is 2.71. The van der Waals surface area contributed by atoms with Crippen LogP contribution in [0.3, 0.4) is 0 Å². The zero-order chi connectivity index (χ0) is 14.5. The third kappa shape index (κ3) is 5.22. The molecule has 1 aromatic carbocycles. The maximum absolute atomic E-state index is 11.3. The molecule has 0 bridgehead atoms. The van der Waals surface area contributed by atoms with E-state index in [9.17, 15) is 13.2 Å². The molecule has 0 fully saturated rings. The van der Waals surface area contributed by atoms with Crippen molar-refractivity contribution in [1.82, 2.24) is 5.32 Å². The second-order valence-electron chi connectivity index (χ2n) is 3.41. The van der Waals surface area contributed by atoms with Gasteiger partial charge in [0.15, 0.2) is 6.61 Å². The molecule has 0 radical (unpaired) electrons. The van der Waals surface area contributed by atoms with Gasteiger partial charge in [-0.2, -0.15) is 0 Å². The van der Waals surface area contributed by atoms with Gasteiger partial charge in [-0.05, 0) is 34.1 Å². The smallest absolute Gasteiger partial charge is 0.261 e. The van der Waals surface area contributed by atoms with Gasteiger partial charge in [0.05, 0.1) is 9.37 Å². The van der Waals surface area contributed by atoms with Crippen molar-refractivity contribution in [2.24, 2.45) is 0 Å². The molecule has 1 amide bonds. The molecule has 8 heteroatoms. The van der Waals surface area contributed by atoms with Crippen molar-refractivity contribution in [1.29, 1.82) is 0 Å². The summed E-state index contributed by atoms with van der Waals surface area (Å²) in [5, 5.41) is 2.54. The van der Waals surface area contributed by atoms with E-state index in [1.165, 1.54) is 18.2 Å². The van der Waals surface area contributed by atoms with Gasteiger partial charge in [0, 0.05) is 17.2 Å². The number of nitrogens with one attached hydrogen (secondary N) is 1. The predicted molar refractivity (Wildman–Crippen MR) is 75.9 cm³/mol. The van der Waals surface area contributed by atoms with Crippen LogP contribution in [0.2, 0.25) is 0 Å². The average Bonchev–Trinajstić information content (AvgIpc) is 2.33. The molecule has 1 N–H and O–H groups in total. The largest absolute Gasteiger partial charge is 0.483 e. The second kappa shape index (κ2) is 6.93. The number of rotatable bonds is 6. The minimum Gasteiger partial charge on any atom is -0.483 e. The highest BCUT2D eigenvalue weighted by atomic mass is 79.9. The van der Waals surface area contributed by atoms with E-state index in [4.69, 9.17) is 15.4 Å². The Morgan fingerprint density at radius 1 is 1.53 bits per heavy atom. The van der Waals surface area contributed by atoms with Crippen molar-refractivity contribution in [2.75, 3.05) is 13.2 Å². The molecule has 0 aliphatic rings. The van der Waals surface area contributed by atoms with Crippen LogP contribution < -0.4 is 10.1 Å². The minimum absolute atomic E-state index is 0.0514. The maximum atomic E-state index is 11.3. The first-order chi connectivity index (χ1) is 8.84. The van der Waals surface area contributed by atoms with Crippen LogP contribution in [-0.2, 0) is 13.8 Å². The summed E-state index contributed by atoms with van der Waals surface area (Å²) < 4.78 is 27.8. The quantitative estimate of drug-likeness (QED) is 0.616. The van der Waals surface area contributed by atoms with E-state index in [1.54, 1.807) is 6.08 Å². The van der Waals surface area contributed by atoms with Crippen molar-refractivity contribution in [2.45, 2.75) is 4.90 Å². The van der Waals surface area contributed by atoms with Crippen LogP contribution >= 0.6 is 26.6 Å². The fraction of sp³-hybridized carbons (Fsp3) is 0.182. The van der Waals surface area contributed by atoms with Crippen LogP contribution in [0.1, 0.15) is 0 Å². The lowest BCUT2D eigenvalue weighted by molar-refractivity contribution is -0.122. The first-order valence-corrected chi connectivity index (χ1v) is 8.19. The molecule has 0 aromatic heterocycles. The van der Waals surface area contributed by atoms with Crippen LogP contribution in [0.5, 0.6) is 5.75 Å². The van der Waals surface area contributed by atoms with E-state index in [1.807, 2.05) is 0 Å². The molecule has 0 saturated heterocycles. The van der Waals surface area contributed by atoms with Crippen molar-refractivity contribution in [3.8, 4) is 5.75 Å². The summed E-state index contributed by atoms with van der Waals surface area (Å²) in [4.78, 5) is 11.2. The van der Waals surface area contributed by atoms with Gasteiger partial charge in [-0.3, -0.25) is 4.79 Å². The summed E-state index contributed by atoms with van der Waals surface area (Å²) in [5.74, 6) is 0.0404. The number of benzene rings is 1. The lowest BCUT2D eigenvalue weighted by atomic mass is 10.3. The fourth-order valence-electron chi connectivity index (χ4n) is 1.13. The number of carbonyl (C=O) groups is 1. The molecular formula is C11H11BrClNO4S. The van der Waals surface area contributed by atoms with E-state index in [0.29, 0.717) is 16.8 Å². The van der Waals surface area contributed by atoms with E-state index in [0.717, 1.165) is 0 Å². The summed E-state index contributed by atoms with van der Waals surface area (Å²) in [6, 6.07) is 4.02. The number of ether oxygens (including phenoxy) is 1. The van der Waals surface area contributed by atoms with Gasteiger partial charge in [-0.15, -0.1) is 6.58 Å². The zero-order valence-corrected chi connectivity index (χ0v) is 12.9. The van der Waals surface area contributed by atoms with Gasteiger partial charge in [-0.1, -0.05) is 6.08 Å². The highest BCUT2D eigenvalue weighted by Gasteiger charge is 2.13. The predicted octanol–water partition coefficient (Wildman–Crippen LogP) is 2.06. The number of hydrogen-bond acceptors (Lipinski definition) is 4. The SMILES string of the molecule is C=CCNC(=O)COc1ccc(S(=O)(=O)Cl)cc1Br. The summed E-state index contributed by atoms with van der Waals surface area (Å²) >= 11 is 3.15. The molecule has 1 aromatic rings. The summed E-state index contributed by atoms with van der Waals surface area (Å²) in [5.41, 5.74) is 0. The van der Waals surface area contributed by atoms with Gasteiger partial charge in [0.2, 0.25) is 0 Å². The molecule has 0 saturated carbocycles. The first kappa shape index (κ1) is 16.0. The van der Waals surface area contributed by atoms with Crippen LogP contribution in [-0.4, -0.2) is 27.5 Å². The number of halogens is 2. The minimum atomic E-state index is -3.79. The topological polar surface area (TPSA) is 72.5 Å². The third-order valence-electron chi connectivity index (χ3n) is 1.99. The molecule has 0 heterocycles. The number of amides is 1. The third-order valence-corrected chi connectivity index (χ3v) is 3.96. The van der Waals surface area contributed by atoms with Gasteiger partial charge >= 0.3 is 0 Å². The Hall–Kier alpha value is -1.05. The molecule has 5 nitrogen and oxygen atoms in total. The summed E-state index contributed by atoms with van der Waals surface area (Å²) in [6.45, 7) is 3.64. The van der Waals surface area contributed by atoms with Crippen LogP contribution in [0.25, 0.3) is 0 Å². The number of carbonyl (C=O) groups excluding carboxylic acids is 1. The Kier molecular flexibility index (Phi) is 5.84. The van der Waals surface area contributed by atoms with Crippen LogP contribution in [0.15, 0.2) is 40.2 Å². The highest BCUT2D eigenvalue weighted by molar-refractivity contribution is 9.10. The molecule has 1 rings (SSSR count). The van der Waals surface area contributed by atoms with E-state index < -0.39 is 9.05 Å². The lowest BCUT2D eigenvalue weighted by Crippen LogP contribution is -2.28. The normalized spacial score (nSPS) is 10.8. The average molecular weight is 369 g/mol. The van der Waals surface area contributed by atoms with Gasteiger partial charge in [-0.25, -0.2) is 8.42 Å². The molecule has 0 aliphatic carbocycles. The van der Waals surface area contributed by atoms with Gasteiger partial charge in [0.25, 0.3) is 15.0 Å². The van der Waals surface area contributed by atoms with E-state index in [-0.39, 0.29) is 17.4 Å². The second-order valence-corrected chi connectivity index (χ2v) is 6.83. The van der Waals surface area contributed by atoms with Crippen molar-refractivity contribution >= 4 is 41.6 Å². The maximum Gasteiger partial charge on any atom is 0.261 e. The molecule has 0 aliphatic heterocycles. The standard InChI is InChI=1S/C11H11BrClNO4S/c1-2-5-14-11(15)7-18-10-4-3-8(6-9(10)12)19(13,16)17/h2-4,6H,1,5,7H2,(H,14,15). The zero-order valence-electron chi connectivity index (χ0n) is 9.73. The van der Waals surface area contributed by atoms with E-state index in [2.05, 4.69) is 27.8 Å². The Labute approximate surface area is 124 Å². The highest BCUT2D eigenvalue weighted by Crippen LogP contribution is 2.29. The van der Waals surface area contributed by atoms with Crippen molar-refractivity contribution in [3.05, 3.63) is 35.3 Å². The molecular weight excluding hydrogens is 358 g/mol.